The first kappa shape index (κ1) is 15.8. The Labute approximate surface area is 144 Å². The SMILES string of the molecule is O=C(O)c1cccc(C(=O)N2CCCC(c3noc(C4CC4)n3)C2)c1. The van der Waals surface area contributed by atoms with Crippen LogP contribution in [0.2, 0.25) is 0 Å². The quantitative estimate of drug-likeness (QED) is 0.918. The lowest BCUT2D eigenvalue weighted by Gasteiger charge is -2.31. The molecule has 1 unspecified atom stereocenters. The molecule has 1 amide bonds. The molecule has 7 nitrogen and oxygen atoms in total. The molecule has 1 aromatic carbocycles. The summed E-state index contributed by atoms with van der Waals surface area (Å²) in [6.07, 6.45) is 4.00. The summed E-state index contributed by atoms with van der Waals surface area (Å²) in [6, 6.07) is 6.15. The van der Waals surface area contributed by atoms with Crippen LogP contribution in [0.4, 0.5) is 0 Å². The molecule has 1 aliphatic heterocycles. The van der Waals surface area contributed by atoms with E-state index in [2.05, 4.69) is 10.1 Å². The smallest absolute Gasteiger partial charge is 0.335 e. The van der Waals surface area contributed by atoms with Crippen molar-refractivity contribution < 1.29 is 19.2 Å². The number of amides is 1. The van der Waals surface area contributed by atoms with E-state index in [1.807, 2.05) is 0 Å². The largest absolute Gasteiger partial charge is 0.478 e. The Kier molecular flexibility index (Phi) is 3.99. The maximum atomic E-state index is 12.7. The normalized spacial score (nSPS) is 20.5. The Bertz CT molecular complexity index is 812. The molecule has 1 aliphatic carbocycles. The molecule has 0 bridgehead atoms. The molecule has 1 saturated heterocycles. The summed E-state index contributed by atoms with van der Waals surface area (Å²) >= 11 is 0. The maximum absolute atomic E-state index is 12.7. The van der Waals surface area contributed by atoms with Gasteiger partial charge in [-0.1, -0.05) is 11.2 Å². The van der Waals surface area contributed by atoms with E-state index in [0.717, 1.165) is 25.7 Å². The maximum Gasteiger partial charge on any atom is 0.335 e. The van der Waals surface area contributed by atoms with Gasteiger partial charge in [-0.2, -0.15) is 4.98 Å². The van der Waals surface area contributed by atoms with Gasteiger partial charge in [0.15, 0.2) is 5.82 Å². The second-order valence-electron chi connectivity index (χ2n) is 6.74. The molecule has 25 heavy (non-hydrogen) atoms. The highest BCUT2D eigenvalue weighted by Gasteiger charge is 2.33. The van der Waals surface area contributed by atoms with Crippen molar-refractivity contribution in [3.63, 3.8) is 0 Å². The van der Waals surface area contributed by atoms with Gasteiger partial charge < -0.3 is 14.5 Å². The fraction of sp³-hybridized carbons (Fsp3) is 0.444. The Hall–Kier alpha value is -2.70. The average molecular weight is 341 g/mol. The highest BCUT2D eigenvalue weighted by molar-refractivity contribution is 5.97. The van der Waals surface area contributed by atoms with Gasteiger partial charge in [-0.15, -0.1) is 0 Å². The van der Waals surface area contributed by atoms with Crippen LogP contribution in [0, 0.1) is 0 Å². The molecule has 2 aromatic rings. The zero-order valence-corrected chi connectivity index (χ0v) is 13.7. The molecule has 130 valence electrons. The molecular formula is C18H19N3O4. The van der Waals surface area contributed by atoms with Crippen molar-refractivity contribution in [2.24, 2.45) is 0 Å². The summed E-state index contributed by atoms with van der Waals surface area (Å²) in [6.45, 7) is 1.18. The molecule has 2 aliphatic rings. The van der Waals surface area contributed by atoms with Gasteiger partial charge in [-0.05, 0) is 43.9 Å². The van der Waals surface area contributed by atoms with Crippen LogP contribution in [0.5, 0.6) is 0 Å². The molecule has 2 fully saturated rings. The van der Waals surface area contributed by atoms with Crippen LogP contribution in [0.25, 0.3) is 0 Å². The predicted octanol–water partition coefficient (Wildman–Crippen LogP) is 2.67. The van der Waals surface area contributed by atoms with Crippen LogP contribution in [-0.4, -0.2) is 45.1 Å². The molecule has 1 atom stereocenters. The zero-order chi connectivity index (χ0) is 17.4. The molecule has 1 aromatic heterocycles. The molecule has 0 radical (unpaired) electrons. The second kappa shape index (κ2) is 6.31. The first-order chi connectivity index (χ1) is 12.1. The van der Waals surface area contributed by atoms with Crippen molar-refractivity contribution in [1.82, 2.24) is 15.0 Å². The Morgan fingerprint density at radius 1 is 1.16 bits per heavy atom. The summed E-state index contributed by atoms with van der Waals surface area (Å²) in [5.74, 6) is 0.688. The minimum absolute atomic E-state index is 0.0663. The van der Waals surface area contributed by atoms with Gasteiger partial charge in [0.25, 0.3) is 5.91 Å². The standard InChI is InChI=1S/C18H19N3O4/c22-17(12-3-1-4-13(9-12)18(23)24)21-8-2-5-14(10-21)15-19-16(25-20-15)11-6-7-11/h1,3-4,9,11,14H,2,5-8,10H2,(H,23,24). The van der Waals surface area contributed by atoms with Crippen LogP contribution < -0.4 is 0 Å². The molecular weight excluding hydrogens is 322 g/mol. The van der Waals surface area contributed by atoms with E-state index in [9.17, 15) is 9.59 Å². The number of piperidine rings is 1. The number of hydrogen-bond donors (Lipinski definition) is 1. The van der Waals surface area contributed by atoms with Crippen molar-refractivity contribution >= 4 is 11.9 Å². The third-order valence-corrected chi connectivity index (χ3v) is 4.81. The first-order valence-electron chi connectivity index (χ1n) is 8.58. The predicted molar refractivity (Wildman–Crippen MR) is 87.6 cm³/mol. The van der Waals surface area contributed by atoms with Crippen molar-refractivity contribution in [2.45, 2.75) is 37.5 Å². The fourth-order valence-electron chi connectivity index (χ4n) is 3.25. The summed E-state index contributed by atoms with van der Waals surface area (Å²) < 4.78 is 5.33. The summed E-state index contributed by atoms with van der Waals surface area (Å²) in [5.41, 5.74) is 0.513. The van der Waals surface area contributed by atoms with Crippen LogP contribution in [-0.2, 0) is 0 Å². The number of aromatic carboxylic acids is 1. The van der Waals surface area contributed by atoms with Gasteiger partial charge in [0.1, 0.15) is 0 Å². The topological polar surface area (TPSA) is 96.5 Å². The number of carboxylic acid groups (broad SMARTS) is 1. The van der Waals surface area contributed by atoms with Gasteiger partial charge in [-0.25, -0.2) is 4.79 Å². The van der Waals surface area contributed by atoms with E-state index in [0.29, 0.717) is 36.3 Å². The fourth-order valence-corrected chi connectivity index (χ4v) is 3.25. The second-order valence-corrected chi connectivity index (χ2v) is 6.74. The lowest BCUT2D eigenvalue weighted by Crippen LogP contribution is -2.39. The summed E-state index contributed by atoms with van der Waals surface area (Å²) in [4.78, 5) is 30.1. The minimum Gasteiger partial charge on any atom is -0.478 e. The van der Waals surface area contributed by atoms with Crippen molar-refractivity contribution in [1.29, 1.82) is 0 Å². The number of likely N-dealkylation sites (tertiary alicyclic amines) is 1. The van der Waals surface area contributed by atoms with Crippen LogP contribution in [0.1, 0.15) is 70.0 Å². The average Bonchev–Trinajstić information content (AvgIpc) is 3.38. The lowest BCUT2D eigenvalue weighted by atomic mass is 9.96. The number of aromatic nitrogens is 2. The lowest BCUT2D eigenvalue weighted by molar-refractivity contribution is 0.0697. The molecule has 2 heterocycles. The third kappa shape index (κ3) is 3.26. The van der Waals surface area contributed by atoms with Crippen molar-refractivity contribution in [2.75, 3.05) is 13.1 Å². The van der Waals surface area contributed by atoms with Crippen LogP contribution in [0.15, 0.2) is 28.8 Å². The number of benzene rings is 1. The van der Waals surface area contributed by atoms with E-state index in [-0.39, 0.29) is 17.4 Å². The third-order valence-electron chi connectivity index (χ3n) is 4.81. The number of carbonyl (C=O) groups excluding carboxylic acids is 1. The first-order valence-corrected chi connectivity index (χ1v) is 8.58. The number of nitrogens with zero attached hydrogens (tertiary/aromatic N) is 3. The Morgan fingerprint density at radius 2 is 1.96 bits per heavy atom. The molecule has 4 rings (SSSR count). The van der Waals surface area contributed by atoms with E-state index >= 15 is 0 Å². The molecule has 1 N–H and O–H groups in total. The van der Waals surface area contributed by atoms with Crippen molar-refractivity contribution in [3.05, 3.63) is 47.1 Å². The Morgan fingerprint density at radius 3 is 2.72 bits per heavy atom. The van der Waals surface area contributed by atoms with E-state index < -0.39 is 5.97 Å². The minimum atomic E-state index is -1.04. The van der Waals surface area contributed by atoms with Gasteiger partial charge >= 0.3 is 5.97 Å². The van der Waals surface area contributed by atoms with Gasteiger partial charge in [0.05, 0.1) is 5.56 Å². The van der Waals surface area contributed by atoms with Gasteiger partial charge in [-0.3, -0.25) is 4.79 Å². The monoisotopic (exact) mass is 341 g/mol. The van der Waals surface area contributed by atoms with E-state index in [4.69, 9.17) is 9.63 Å². The summed E-state index contributed by atoms with van der Waals surface area (Å²) in [5, 5.41) is 13.2. The van der Waals surface area contributed by atoms with E-state index in [1.165, 1.54) is 12.1 Å². The van der Waals surface area contributed by atoms with E-state index in [1.54, 1.807) is 17.0 Å². The number of rotatable bonds is 4. The molecule has 1 saturated carbocycles. The highest BCUT2D eigenvalue weighted by Crippen LogP contribution is 2.39. The zero-order valence-electron chi connectivity index (χ0n) is 13.7. The van der Waals surface area contributed by atoms with Crippen LogP contribution >= 0.6 is 0 Å². The summed E-state index contributed by atoms with van der Waals surface area (Å²) in [7, 11) is 0. The molecule has 7 heteroatoms. The van der Waals surface area contributed by atoms with Gasteiger partial charge in [0.2, 0.25) is 5.89 Å². The molecule has 0 spiro atoms. The van der Waals surface area contributed by atoms with Gasteiger partial charge in [0, 0.05) is 30.5 Å². The van der Waals surface area contributed by atoms with Crippen molar-refractivity contribution in [3.8, 4) is 0 Å². The Balaban J connectivity index is 1.49. The number of hydrogen-bond acceptors (Lipinski definition) is 5. The highest BCUT2D eigenvalue weighted by atomic mass is 16.5. The number of carbonyl (C=O) groups is 2. The van der Waals surface area contributed by atoms with Crippen LogP contribution in [0.3, 0.4) is 0 Å². The number of carboxylic acids is 1.